The van der Waals surface area contributed by atoms with Crippen LogP contribution in [0.5, 0.6) is 5.75 Å². The lowest BCUT2D eigenvalue weighted by atomic mass is 9.72. The number of hydrogen-bond donors (Lipinski definition) is 3. The molecule has 42 heavy (non-hydrogen) atoms. The Morgan fingerprint density at radius 3 is 2.64 bits per heavy atom. The van der Waals surface area contributed by atoms with Gasteiger partial charge in [0.2, 0.25) is 17.7 Å². The van der Waals surface area contributed by atoms with Gasteiger partial charge in [0.05, 0.1) is 7.11 Å². The van der Waals surface area contributed by atoms with Gasteiger partial charge in [-0.1, -0.05) is 58.0 Å². The number of fused-ring (bicyclic) bond motifs is 4. The Balaban J connectivity index is 1.57. The van der Waals surface area contributed by atoms with E-state index in [-0.39, 0.29) is 35.7 Å². The van der Waals surface area contributed by atoms with E-state index >= 15 is 0 Å². The number of nitrogens with zero attached hydrogens (tertiary/aromatic N) is 1. The Labute approximate surface area is 244 Å². The predicted octanol–water partition coefficient (Wildman–Crippen LogP) is 4.23. The zero-order valence-corrected chi connectivity index (χ0v) is 24.4. The molecule has 1 aromatic heterocycles. The molecular weight excluding hydrogens is 536 g/mol. The number of aromatic nitrogens is 1. The summed E-state index contributed by atoms with van der Waals surface area (Å²) in [5.74, 6) is 0.116. The molecule has 6 rings (SSSR count). The largest absolute Gasteiger partial charge is 0.469 e. The zero-order valence-electron chi connectivity index (χ0n) is 24.4. The fraction of sp³-hybridized carbons (Fsp3) is 0.438. The van der Waals surface area contributed by atoms with Gasteiger partial charge in [-0.05, 0) is 41.5 Å². The molecule has 3 aliphatic rings. The van der Waals surface area contributed by atoms with Crippen LogP contribution in [0.1, 0.15) is 85.4 Å². The lowest BCUT2D eigenvalue weighted by Crippen LogP contribution is -2.49. The van der Waals surface area contributed by atoms with Crippen LogP contribution in [-0.4, -0.2) is 42.1 Å². The van der Waals surface area contributed by atoms with Crippen molar-refractivity contribution in [3.63, 3.8) is 0 Å². The van der Waals surface area contributed by atoms with Crippen molar-refractivity contribution < 1.29 is 28.3 Å². The van der Waals surface area contributed by atoms with Crippen molar-refractivity contribution in [1.29, 1.82) is 0 Å². The SMILES string of the molecule is COC(=O)c1nc2oc1C13c4ccccc4NC1Oc1ccc(cc13)CC(NC(=O)CCC(C)C)C(=O)N[C@H]2C(C)C. The molecule has 4 atom stereocenters. The number of amides is 2. The molecule has 4 heterocycles. The van der Waals surface area contributed by atoms with E-state index in [2.05, 4.69) is 34.8 Å². The minimum atomic E-state index is -1.06. The third-order valence-corrected chi connectivity index (χ3v) is 8.40. The van der Waals surface area contributed by atoms with Gasteiger partial charge in [0.15, 0.2) is 17.7 Å². The Bertz CT molecular complexity index is 1560. The number of esters is 1. The van der Waals surface area contributed by atoms with E-state index in [9.17, 15) is 14.4 Å². The summed E-state index contributed by atoms with van der Waals surface area (Å²) in [5.41, 5.74) is 2.30. The van der Waals surface area contributed by atoms with Gasteiger partial charge in [0.25, 0.3) is 0 Å². The van der Waals surface area contributed by atoms with Crippen molar-refractivity contribution in [2.75, 3.05) is 12.4 Å². The summed E-state index contributed by atoms with van der Waals surface area (Å²) >= 11 is 0. The van der Waals surface area contributed by atoms with Crippen LogP contribution in [0, 0.1) is 11.8 Å². The van der Waals surface area contributed by atoms with Crippen LogP contribution in [0.15, 0.2) is 46.9 Å². The summed E-state index contributed by atoms with van der Waals surface area (Å²) in [6, 6.07) is 12.0. The van der Waals surface area contributed by atoms with E-state index in [0.29, 0.717) is 23.8 Å². The van der Waals surface area contributed by atoms with Crippen LogP contribution < -0.4 is 20.7 Å². The molecule has 4 bridgehead atoms. The molecule has 0 aliphatic carbocycles. The summed E-state index contributed by atoms with van der Waals surface area (Å²) in [5, 5.41) is 9.49. The second-order valence-corrected chi connectivity index (χ2v) is 12.0. The van der Waals surface area contributed by atoms with Crippen molar-refractivity contribution in [3.05, 3.63) is 76.5 Å². The van der Waals surface area contributed by atoms with Crippen molar-refractivity contribution in [2.24, 2.45) is 11.8 Å². The third kappa shape index (κ3) is 4.40. The van der Waals surface area contributed by atoms with Gasteiger partial charge in [-0.3, -0.25) is 9.59 Å². The molecule has 0 fully saturated rings. The van der Waals surface area contributed by atoms with E-state index in [4.69, 9.17) is 13.9 Å². The zero-order chi connectivity index (χ0) is 29.8. The maximum atomic E-state index is 13.8. The monoisotopic (exact) mass is 572 g/mol. The number of nitrogens with one attached hydrogen (secondary N) is 3. The molecule has 10 heteroatoms. The van der Waals surface area contributed by atoms with Gasteiger partial charge in [-0.15, -0.1) is 0 Å². The number of carbonyl (C=O) groups is 3. The Kier molecular flexibility index (Phi) is 6.95. The average Bonchev–Trinajstić information content (AvgIpc) is 3.62. The molecule has 1 spiro atoms. The van der Waals surface area contributed by atoms with E-state index in [0.717, 1.165) is 28.8 Å². The number of oxazole rings is 1. The highest BCUT2D eigenvalue weighted by molar-refractivity contribution is 5.91. The molecule has 3 unspecified atom stereocenters. The molecule has 3 aliphatic heterocycles. The van der Waals surface area contributed by atoms with Gasteiger partial charge < -0.3 is 29.8 Å². The van der Waals surface area contributed by atoms with Crippen molar-refractivity contribution in [1.82, 2.24) is 15.6 Å². The average molecular weight is 573 g/mol. The molecule has 3 N–H and O–H groups in total. The Morgan fingerprint density at radius 2 is 1.90 bits per heavy atom. The van der Waals surface area contributed by atoms with E-state index in [1.165, 1.54) is 7.11 Å². The molecule has 220 valence electrons. The summed E-state index contributed by atoms with van der Waals surface area (Å²) < 4.78 is 18.2. The maximum Gasteiger partial charge on any atom is 0.360 e. The number of methoxy groups -OCH3 is 1. The molecule has 0 radical (unpaired) electrons. The van der Waals surface area contributed by atoms with Crippen LogP contribution >= 0.6 is 0 Å². The number of benzene rings is 2. The van der Waals surface area contributed by atoms with Crippen molar-refractivity contribution in [2.45, 2.75) is 70.7 Å². The molecule has 0 saturated heterocycles. The minimum Gasteiger partial charge on any atom is -0.469 e. The lowest BCUT2D eigenvalue weighted by molar-refractivity contribution is -0.129. The lowest BCUT2D eigenvalue weighted by Gasteiger charge is -2.28. The Hall–Kier alpha value is -4.34. The molecule has 2 amide bonds. The smallest absolute Gasteiger partial charge is 0.360 e. The summed E-state index contributed by atoms with van der Waals surface area (Å²) in [4.78, 5) is 44.6. The first-order valence-electron chi connectivity index (χ1n) is 14.5. The van der Waals surface area contributed by atoms with Gasteiger partial charge in [0, 0.05) is 24.1 Å². The standard InChI is InChI=1S/C32H36N4O6/c1-16(2)10-13-24(37)33-22-15-18-11-12-23-20(14-18)32(19-8-6-7-9-21(19)34-31(32)41-23)27-26(30(39)40-5)36-29(42-27)25(17(3)4)35-28(22)38/h6-9,11-12,14,16-17,22,25,31,34H,10,13,15H2,1-5H3,(H,33,37)(H,35,38)/t22?,25-,31?,32?/m0/s1. The van der Waals surface area contributed by atoms with Crippen LogP contribution in [0.25, 0.3) is 0 Å². The number of hydrogen-bond acceptors (Lipinski definition) is 8. The number of rotatable bonds is 6. The summed E-state index contributed by atoms with van der Waals surface area (Å²) in [7, 11) is 1.30. The first-order valence-corrected chi connectivity index (χ1v) is 14.5. The maximum absolute atomic E-state index is 13.8. The van der Waals surface area contributed by atoms with Gasteiger partial charge in [-0.25, -0.2) is 9.78 Å². The molecule has 10 nitrogen and oxygen atoms in total. The molecule has 2 aromatic carbocycles. The highest BCUT2D eigenvalue weighted by Gasteiger charge is 2.61. The minimum absolute atomic E-state index is 0.0236. The van der Waals surface area contributed by atoms with Crippen LogP contribution in [0.2, 0.25) is 0 Å². The highest BCUT2D eigenvalue weighted by atomic mass is 16.5. The molecular formula is C32H36N4O6. The second kappa shape index (κ2) is 10.5. The van der Waals surface area contributed by atoms with Gasteiger partial charge in [0.1, 0.15) is 23.2 Å². The number of anilines is 1. The quantitative estimate of drug-likeness (QED) is 0.374. The second-order valence-electron chi connectivity index (χ2n) is 12.0. The van der Waals surface area contributed by atoms with Gasteiger partial charge >= 0.3 is 5.97 Å². The van der Waals surface area contributed by atoms with Gasteiger partial charge in [-0.2, -0.15) is 0 Å². The topological polar surface area (TPSA) is 132 Å². The Morgan fingerprint density at radius 1 is 1.12 bits per heavy atom. The fourth-order valence-electron chi connectivity index (χ4n) is 6.22. The normalized spacial score (nSPS) is 23.6. The van der Waals surface area contributed by atoms with Crippen molar-refractivity contribution >= 4 is 23.5 Å². The summed E-state index contributed by atoms with van der Waals surface area (Å²) in [6.07, 6.45) is 0.692. The van der Waals surface area contributed by atoms with E-state index in [1.54, 1.807) is 0 Å². The first-order chi connectivity index (χ1) is 20.1. The summed E-state index contributed by atoms with van der Waals surface area (Å²) in [6.45, 7) is 7.98. The van der Waals surface area contributed by atoms with E-state index in [1.807, 2.05) is 56.3 Å². The van der Waals surface area contributed by atoms with Crippen LogP contribution in [0.4, 0.5) is 5.69 Å². The number of para-hydroxylation sites is 1. The predicted molar refractivity (Wildman–Crippen MR) is 154 cm³/mol. The molecule has 3 aromatic rings. The highest BCUT2D eigenvalue weighted by Crippen LogP contribution is 2.58. The first kappa shape index (κ1) is 27.8. The number of ether oxygens (including phenoxy) is 2. The van der Waals surface area contributed by atoms with Crippen LogP contribution in [0.3, 0.4) is 0 Å². The van der Waals surface area contributed by atoms with Crippen LogP contribution in [-0.2, 0) is 26.2 Å². The fourth-order valence-corrected chi connectivity index (χ4v) is 6.22. The molecule has 0 saturated carbocycles. The van der Waals surface area contributed by atoms with Crippen molar-refractivity contribution in [3.8, 4) is 5.75 Å². The van der Waals surface area contributed by atoms with E-state index < -0.39 is 29.7 Å². The number of carbonyl (C=O) groups excluding carboxylic acids is 3. The third-order valence-electron chi connectivity index (χ3n) is 8.40.